The maximum Gasteiger partial charge on any atom is 0.270 e. The van der Waals surface area contributed by atoms with Gasteiger partial charge in [-0.15, -0.1) is 0 Å². The third kappa shape index (κ3) is 5.03. The molecule has 2 N–H and O–H groups in total. The van der Waals surface area contributed by atoms with Crippen LogP contribution < -0.4 is 15.4 Å². The highest BCUT2D eigenvalue weighted by atomic mass is 16.6. The Balaban J connectivity index is 3.00. The van der Waals surface area contributed by atoms with Crippen molar-refractivity contribution in [2.75, 3.05) is 7.05 Å². The number of benzene rings is 1. The quantitative estimate of drug-likeness (QED) is 0.588. The summed E-state index contributed by atoms with van der Waals surface area (Å²) in [6, 6.07) is 4.58. The minimum Gasteiger partial charge on any atom is -0.481 e. The second-order valence-corrected chi connectivity index (χ2v) is 4.96. The highest BCUT2D eigenvalue weighted by Gasteiger charge is 2.17. The molecule has 21 heavy (non-hydrogen) atoms. The summed E-state index contributed by atoms with van der Waals surface area (Å²) in [6.45, 7) is 6.01. The van der Waals surface area contributed by atoms with Crippen molar-refractivity contribution in [1.29, 1.82) is 0 Å². The summed E-state index contributed by atoms with van der Waals surface area (Å²) in [5, 5.41) is 16.5. The molecule has 0 heterocycles. The number of ether oxygens (including phenoxy) is 1. The first-order chi connectivity index (χ1) is 9.85. The number of hydrogen-bond acceptors (Lipinski definition) is 5. The van der Waals surface area contributed by atoms with Gasteiger partial charge in [-0.2, -0.15) is 0 Å². The fraction of sp³-hybridized carbons (Fsp3) is 0.500. The summed E-state index contributed by atoms with van der Waals surface area (Å²) >= 11 is 0. The van der Waals surface area contributed by atoms with E-state index in [4.69, 9.17) is 4.74 Å². The molecule has 0 fully saturated rings. The normalized spacial score (nSPS) is 12.0. The molecule has 0 saturated heterocycles. The molecule has 0 aromatic heterocycles. The van der Waals surface area contributed by atoms with E-state index in [0.717, 1.165) is 0 Å². The van der Waals surface area contributed by atoms with Gasteiger partial charge >= 0.3 is 0 Å². The molecule has 0 saturated carbocycles. The Kier molecular flexibility index (Phi) is 6.10. The zero-order chi connectivity index (χ0) is 16.0. The lowest BCUT2D eigenvalue weighted by Crippen LogP contribution is -2.34. The topological polar surface area (TPSA) is 93.5 Å². The summed E-state index contributed by atoms with van der Waals surface area (Å²) in [6.07, 6.45) is -0.672. The van der Waals surface area contributed by atoms with Crippen molar-refractivity contribution < 1.29 is 14.5 Å². The highest BCUT2D eigenvalue weighted by molar-refractivity contribution is 5.80. The Morgan fingerprint density at radius 2 is 2.05 bits per heavy atom. The first-order valence-corrected chi connectivity index (χ1v) is 6.74. The van der Waals surface area contributed by atoms with Gasteiger partial charge in [0.25, 0.3) is 11.6 Å². The predicted molar refractivity (Wildman–Crippen MR) is 79.2 cm³/mol. The Morgan fingerprint density at radius 3 is 2.57 bits per heavy atom. The van der Waals surface area contributed by atoms with Gasteiger partial charge in [0, 0.05) is 37.3 Å². The molecule has 1 atom stereocenters. The van der Waals surface area contributed by atoms with Crippen LogP contribution in [-0.4, -0.2) is 30.0 Å². The molecule has 1 unspecified atom stereocenters. The molecule has 0 aliphatic rings. The minimum absolute atomic E-state index is 0.00416. The summed E-state index contributed by atoms with van der Waals surface area (Å²) in [5.41, 5.74) is 0.643. The van der Waals surface area contributed by atoms with Gasteiger partial charge in [0.1, 0.15) is 5.75 Å². The molecule has 1 rings (SSSR count). The van der Waals surface area contributed by atoms with Crippen molar-refractivity contribution >= 4 is 11.6 Å². The van der Waals surface area contributed by atoms with Gasteiger partial charge in [0.2, 0.25) is 0 Å². The monoisotopic (exact) mass is 295 g/mol. The Morgan fingerprint density at radius 1 is 1.38 bits per heavy atom. The zero-order valence-corrected chi connectivity index (χ0v) is 12.7. The fourth-order valence-corrected chi connectivity index (χ4v) is 1.69. The van der Waals surface area contributed by atoms with Crippen LogP contribution in [0.15, 0.2) is 18.2 Å². The van der Waals surface area contributed by atoms with E-state index in [9.17, 15) is 14.9 Å². The largest absolute Gasteiger partial charge is 0.481 e. The van der Waals surface area contributed by atoms with E-state index in [0.29, 0.717) is 17.9 Å². The molecule has 7 heteroatoms. The summed E-state index contributed by atoms with van der Waals surface area (Å²) < 4.78 is 5.59. The molecular formula is C14H21N3O4. The minimum atomic E-state index is -0.672. The van der Waals surface area contributed by atoms with Crippen LogP contribution in [-0.2, 0) is 11.3 Å². The molecule has 0 aliphatic carbocycles. The summed E-state index contributed by atoms with van der Waals surface area (Å²) in [4.78, 5) is 21.9. The molecule has 0 aliphatic heterocycles. The number of nitro groups is 1. The zero-order valence-electron chi connectivity index (χ0n) is 12.7. The standard InChI is InChI=1S/C14H21N3O4/c1-9(2)16-8-11-7-12(17(19)20)5-6-13(11)21-10(3)14(18)15-4/h5-7,9-10,16H,8H2,1-4H3,(H,15,18). The predicted octanol–water partition coefficient (Wildman–Crippen LogP) is 1.61. The van der Waals surface area contributed by atoms with Crippen molar-refractivity contribution in [3.63, 3.8) is 0 Å². The van der Waals surface area contributed by atoms with Crippen LogP contribution in [0.25, 0.3) is 0 Å². The third-order valence-electron chi connectivity index (χ3n) is 2.88. The number of nitrogens with zero attached hydrogens (tertiary/aromatic N) is 1. The number of carbonyl (C=O) groups is 1. The number of nitro benzene ring substituents is 1. The molecule has 0 radical (unpaired) electrons. The van der Waals surface area contributed by atoms with Crippen LogP contribution in [0.3, 0.4) is 0 Å². The smallest absolute Gasteiger partial charge is 0.270 e. The lowest BCUT2D eigenvalue weighted by molar-refractivity contribution is -0.384. The van der Waals surface area contributed by atoms with Crippen LogP contribution >= 0.6 is 0 Å². The first-order valence-electron chi connectivity index (χ1n) is 6.74. The van der Waals surface area contributed by atoms with E-state index in [1.807, 2.05) is 13.8 Å². The Hall–Kier alpha value is -2.15. The van der Waals surface area contributed by atoms with E-state index in [2.05, 4.69) is 10.6 Å². The van der Waals surface area contributed by atoms with Gasteiger partial charge in [0.15, 0.2) is 6.10 Å². The highest BCUT2D eigenvalue weighted by Crippen LogP contribution is 2.25. The van der Waals surface area contributed by atoms with E-state index in [1.165, 1.54) is 25.2 Å². The second-order valence-electron chi connectivity index (χ2n) is 4.96. The lowest BCUT2D eigenvalue weighted by atomic mass is 10.1. The number of non-ortho nitro benzene ring substituents is 1. The van der Waals surface area contributed by atoms with Crippen LogP contribution in [0.5, 0.6) is 5.75 Å². The van der Waals surface area contributed by atoms with Crippen LogP contribution in [0, 0.1) is 10.1 Å². The molecule has 0 spiro atoms. The first kappa shape index (κ1) is 16.9. The average molecular weight is 295 g/mol. The van der Waals surface area contributed by atoms with Gasteiger partial charge in [-0.1, -0.05) is 13.8 Å². The summed E-state index contributed by atoms with van der Waals surface area (Å²) in [5.74, 6) is 0.209. The average Bonchev–Trinajstić information content (AvgIpc) is 2.44. The number of rotatable bonds is 7. The van der Waals surface area contributed by atoms with Crippen LogP contribution in [0.4, 0.5) is 5.69 Å². The van der Waals surface area contributed by atoms with Gasteiger partial charge in [-0.25, -0.2) is 0 Å². The van der Waals surface area contributed by atoms with Crippen molar-refractivity contribution in [2.45, 2.75) is 39.5 Å². The lowest BCUT2D eigenvalue weighted by Gasteiger charge is -2.17. The Labute approximate surface area is 123 Å². The number of likely N-dealkylation sites (N-methyl/N-ethyl adjacent to an activating group) is 1. The molecule has 1 aromatic carbocycles. The van der Waals surface area contributed by atoms with E-state index < -0.39 is 11.0 Å². The van der Waals surface area contributed by atoms with Crippen molar-refractivity contribution in [2.24, 2.45) is 0 Å². The molecular weight excluding hydrogens is 274 g/mol. The third-order valence-corrected chi connectivity index (χ3v) is 2.88. The molecule has 116 valence electrons. The molecule has 1 amide bonds. The molecule has 7 nitrogen and oxygen atoms in total. The number of nitrogens with one attached hydrogen (secondary N) is 2. The maximum absolute atomic E-state index is 11.5. The van der Waals surface area contributed by atoms with Crippen LogP contribution in [0.1, 0.15) is 26.3 Å². The van der Waals surface area contributed by atoms with E-state index >= 15 is 0 Å². The van der Waals surface area contributed by atoms with E-state index in [-0.39, 0.29) is 17.6 Å². The second kappa shape index (κ2) is 7.58. The van der Waals surface area contributed by atoms with Crippen molar-refractivity contribution in [3.8, 4) is 5.75 Å². The molecule has 1 aromatic rings. The van der Waals surface area contributed by atoms with Crippen molar-refractivity contribution in [3.05, 3.63) is 33.9 Å². The van der Waals surface area contributed by atoms with Gasteiger partial charge in [0.05, 0.1) is 4.92 Å². The Bertz CT molecular complexity index is 517. The number of carbonyl (C=O) groups excluding carboxylic acids is 1. The molecule has 0 bridgehead atoms. The summed E-state index contributed by atoms with van der Waals surface area (Å²) in [7, 11) is 1.53. The van der Waals surface area contributed by atoms with Crippen molar-refractivity contribution in [1.82, 2.24) is 10.6 Å². The fourth-order valence-electron chi connectivity index (χ4n) is 1.69. The maximum atomic E-state index is 11.5. The number of hydrogen-bond donors (Lipinski definition) is 2. The number of amides is 1. The van der Waals surface area contributed by atoms with E-state index in [1.54, 1.807) is 6.92 Å². The van der Waals surface area contributed by atoms with Gasteiger partial charge < -0.3 is 15.4 Å². The van der Waals surface area contributed by atoms with Crippen LogP contribution in [0.2, 0.25) is 0 Å². The SMILES string of the molecule is CNC(=O)C(C)Oc1ccc([N+](=O)[O-])cc1CNC(C)C. The van der Waals surface area contributed by atoms with Gasteiger partial charge in [-0.3, -0.25) is 14.9 Å². The van der Waals surface area contributed by atoms with Gasteiger partial charge in [-0.05, 0) is 13.0 Å².